The van der Waals surface area contributed by atoms with Crippen LogP contribution in [0.3, 0.4) is 0 Å². The highest BCUT2D eigenvalue weighted by Crippen LogP contribution is 2.26. The standard InChI is InChI=1S/C16H21NO/c1-11-5-7-15(12(2)9-11)16-8-6-14(18-16)10-13(3)17-4/h5-9,13,17H,10H2,1-4H3. The molecule has 18 heavy (non-hydrogen) atoms. The Morgan fingerprint density at radius 1 is 1.17 bits per heavy atom. The maximum atomic E-state index is 5.92. The van der Waals surface area contributed by atoms with Crippen LogP contribution in [-0.2, 0) is 6.42 Å². The van der Waals surface area contributed by atoms with E-state index >= 15 is 0 Å². The van der Waals surface area contributed by atoms with Crippen LogP contribution in [0.5, 0.6) is 0 Å². The Balaban J connectivity index is 2.24. The summed E-state index contributed by atoms with van der Waals surface area (Å²) in [5.74, 6) is 2.00. The summed E-state index contributed by atoms with van der Waals surface area (Å²) >= 11 is 0. The summed E-state index contributed by atoms with van der Waals surface area (Å²) in [6.07, 6.45) is 0.918. The van der Waals surface area contributed by atoms with Gasteiger partial charge < -0.3 is 9.73 Å². The van der Waals surface area contributed by atoms with E-state index < -0.39 is 0 Å². The normalized spacial score (nSPS) is 12.7. The fraction of sp³-hybridized carbons (Fsp3) is 0.375. The van der Waals surface area contributed by atoms with Gasteiger partial charge in [-0.1, -0.05) is 23.8 Å². The minimum absolute atomic E-state index is 0.433. The molecule has 1 N–H and O–H groups in total. The largest absolute Gasteiger partial charge is 0.461 e. The summed E-state index contributed by atoms with van der Waals surface area (Å²) in [6, 6.07) is 11.0. The Kier molecular flexibility index (Phi) is 3.87. The summed E-state index contributed by atoms with van der Waals surface area (Å²) in [5, 5.41) is 3.22. The van der Waals surface area contributed by atoms with Gasteiger partial charge >= 0.3 is 0 Å². The van der Waals surface area contributed by atoms with Gasteiger partial charge in [-0.25, -0.2) is 0 Å². The average Bonchev–Trinajstić information content (AvgIpc) is 2.77. The second kappa shape index (κ2) is 5.40. The first kappa shape index (κ1) is 12.9. The van der Waals surface area contributed by atoms with Crippen molar-refractivity contribution < 1.29 is 4.42 Å². The number of aryl methyl sites for hydroxylation is 2. The summed E-state index contributed by atoms with van der Waals surface area (Å²) in [6.45, 7) is 6.39. The molecule has 2 aromatic rings. The third kappa shape index (κ3) is 2.82. The lowest BCUT2D eigenvalue weighted by atomic mass is 10.0. The zero-order chi connectivity index (χ0) is 13.1. The highest BCUT2D eigenvalue weighted by molar-refractivity contribution is 5.62. The number of rotatable bonds is 4. The van der Waals surface area contributed by atoms with E-state index in [0.29, 0.717) is 6.04 Å². The van der Waals surface area contributed by atoms with Gasteiger partial charge in [0.15, 0.2) is 0 Å². The van der Waals surface area contributed by atoms with E-state index in [-0.39, 0.29) is 0 Å². The minimum atomic E-state index is 0.433. The van der Waals surface area contributed by atoms with E-state index in [1.54, 1.807) is 0 Å². The maximum Gasteiger partial charge on any atom is 0.134 e. The van der Waals surface area contributed by atoms with Crippen LogP contribution >= 0.6 is 0 Å². The van der Waals surface area contributed by atoms with Gasteiger partial charge in [-0.2, -0.15) is 0 Å². The monoisotopic (exact) mass is 243 g/mol. The number of likely N-dealkylation sites (N-methyl/N-ethyl adjacent to an activating group) is 1. The van der Waals surface area contributed by atoms with Gasteiger partial charge in [0.1, 0.15) is 11.5 Å². The molecule has 1 atom stereocenters. The van der Waals surface area contributed by atoms with E-state index in [2.05, 4.69) is 56.4 Å². The van der Waals surface area contributed by atoms with Crippen LogP contribution in [-0.4, -0.2) is 13.1 Å². The topological polar surface area (TPSA) is 25.2 Å². The summed E-state index contributed by atoms with van der Waals surface area (Å²) in [4.78, 5) is 0. The molecule has 0 saturated carbocycles. The lowest BCUT2D eigenvalue weighted by Crippen LogP contribution is -2.23. The van der Waals surface area contributed by atoms with Crippen molar-refractivity contribution in [3.63, 3.8) is 0 Å². The van der Waals surface area contributed by atoms with Crippen molar-refractivity contribution in [1.29, 1.82) is 0 Å². The van der Waals surface area contributed by atoms with Crippen molar-refractivity contribution >= 4 is 0 Å². The van der Waals surface area contributed by atoms with Crippen LogP contribution in [0.1, 0.15) is 23.8 Å². The van der Waals surface area contributed by atoms with E-state index in [0.717, 1.165) is 17.9 Å². The van der Waals surface area contributed by atoms with Crippen LogP contribution in [0, 0.1) is 13.8 Å². The van der Waals surface area contributed by atoms with Crippen LogP contribution in [0.4, 0.5) is 0 Å². The molecular formula is C16H21NO. The number of furan rings is 1. The van der Waals surface area contributed by atoms with Crippen molar-refractivity contribution in [2.45, 2.75) is 33.2 Å². The van der Waals surface area contributed by atoms with Crippen molar-refractivity contribution in [3.8, 4) is 11.3 Å². The fourth-order valence-electron chi connectivity index (χ4n) is 2.13. The summed E-state index contributed by atoms with van der Waals surface area (Å²) < 4.78 is 5.92. The van der Waals surface area contributed by atoms with Gasteiger partial charge in [-0.15, -0.1) is 0 Å². The molecule has 2 rings (SSSR count). The Hall–Kier alpha value is -1.54. The number of hydrogen-bond acceptors (Lipinski definition) is 2. The highest BCUT2D eigenvalue weighted by Gasteiger charge is 2.09. The molecule has 0 aliphatic rings. The first-order chi connectivity index (χ1) is 8.60. The molecule has 0 aliphatic heterocycles. The molecule has 0 aliphatic carbocycles. The fourth-order valence-corrected chi connectivity index (χ4v) is 2.13. The Morgan fingerprint density at radius 2 is 1.94 bits per heavy atom. The second-order valence-electron chi connectivity index (χ2n) is 4.98. The molecule has 1 unspecified atom stereocenters. The highest BCUT2D eigenvalue weighted by atomic mass is 16.3. The molecule has 1 aromatic heterocycles. The lowest BCUT2D eigenvalue weighted by Gasteiger charge is -2.07. The molecule has 0 amide bonds. The van der Waals surface area contributed by atoms with Crippen molar-refractivity contribution in [1.82, 2.24) is 5.32 Å². The molecule has 1 aromatic carbocycles. The molecule has 1 heterocycles. The molecular weight excluding hydrogens is 222 g/mol. The molecule has 0 radical (unpaired) electrons. The molecule has 2 nitrogen and oxygen atoms in total. The van der Waals surface area contributed by atoms with E-state index in [4.69, 9.17) is 4.42 Å². The Labute approximate surface area is 109 Å². The summed E-state index contributed by atoms with van der Waals surface area (Å²) in [7, 11) is 1.97. The predicted octanol–water partition coefficient (Wildman–Crippen LogP) is 3.71. The van der Waals surface area contributed by atoms with Gasteiger partial charge in [0.05, 0.1) is 0 Å². The van der Waals surface area contributed by atoms with Gasteiger partial charge in [0.2, 0.25) is 0 Å². The van der Waals surface area contributed by atoms with Gasteiger partial charge in [-0.05, 0) is 45.5 Å². The zero-order valence-electron chi connectivity index (χ0n) is 11.6. The third-order valence-corrected chi connectivity index (χ3v) is 3.31. The SMILES string of the molecule is CNC(C)Cc1ccc(-c2ccc(C)cc2C)o1. The zero-order valence-corrected chi connectivity index (χ0v) is 11.6. The smallest absolute Gasteiger partial charge is 0.134 e. The van der Waals surface area contributed by atoms with Crippen molar-refractivity contribution in [3.05, 3.63) is 47.2 Å². The van der Waals surface area contributed by atoms with Gasteiger partial charge in [0, 0.05) is 18.0 Å². The van der Waals surface area contributed by atoms with Crippen molar-refractivity contribution in [2.24, 2.45) is 0 Å². The molecule has 0 spiro atoms. The van der Waals surface area contributed by atoms with E-state index in [1.165, 1.54) is 16.7 Å². The van der Waals surface area contributed by atoms with Crippen LogP contribution in [0.15, 0.2) is 34.7 Å². The first-order valence-corrected chi connectivity index (χ1v) is 6.43. The second-order valence-corrected chi connectivity index (χ2v) is 4.98. The quantitative estimate of drug-likeness (QED) is 0.885. The van der Waals surface area contributed by atoms with Crippen LogP contribution < -0.4 is 5.32 Å². The molecule has 96 valence electrons. The number of benzene rings is 1. The predicted molar refractivity (Wildman–Crippen MR) is 75.8 cm³/mol. The molecule has 0 fully saturated rings. The van der Waals surface area contributed by atoms with E-state index in [9.17, 15) is 0 Å². The summed E-state index contributed by atoms with van der Waals surface area (Å²) in [5.41, 5.74) is 3.73. The Morgan fingerprint density at radius 3 is 2.61 bits per heavy atom. The van der Waals surface area contributed by atoms with Crippen LogP contribution in [0.25, 0.3) is 11.3 Å². The first-order valence-electron chi connectivity index (χ1n) is 6.43. The Bertz CT molecular complexity index is 528. The van der Waals surface area contributed by atoms with Gasteiger partial charge in [-0.3, -0.25) is 0 Å². The van der Waals surface area contributed by atoms with Crippen molar-refractivity contribution in [2.75, 3.05) is 7.05 Å². The minimum Gasteiger partial charge on any atom is -0.461 e. The van der Waals surface area contributed by atoms with Crippen LogP contribution in [0.2, 0.25) is 0 Å². The number of nitrogens with one attached hydrogen (secondary N) is 1. The third-order valence-electron chi connectivity index (χ3n) is 3.31. The average molecular weight is 243 g/mol. The lowest BCUT2D eigenvalue weighted by molar-refractivity contribution is 0.481. The maximum absolute atomic E-state index is 5.92. The molecule has 2 heteroatoms. The molecule has 0 saturated heterocycles. The molecule has 0 bridgehead atoms. The van der Waals surface area contributed by atoms with E-state index in [1.807, 2.05) is 7.05 Å². The van der Waals surface area contributed by atoms with Gasteiger partial charge in [0.25, 0.3) is 0 Å². The number of hydrogen-bond donors (Lipinski definition) is 1.